The van der Waals surface area contributed by atoms with E-state index in [2.05, 4.69) is 31.4 Å². The highest BCUT2D eigenvalue weighted by Gasteiger charge is 2.33. The van der Waals surface area contributed by atoms with Crippen molar-refractivity contribution >= 4 is 11.9 Å². The van der Waals surface area contributed by atoms with Crippen molar-refractivity contribution in [2.45, 2.75) is 90.8 Å². The van der Waals surface area contributed by atoms with Gasteiger partial charge in [0.25, 0.3) is 0 Å². The molecular formula is C19H37N3O3. The van der Waals surface area contributed by atoms with Gasteiger partial charge in [-0.25, -0.2) is 4.79 Å². The maximum absolute atomic E-state index is 12.5. The lowest BCUT2D eigenvalue weighted by Crippen LogP contribution is -2.56. The van der Waals surface area contributed by atoms with E-state index in [0.29, 0.717) is 13.1 Å². The molecule has 1 fully saturated rings. The van der Waals surface area contributed by atoms with Crippen LogP contribution in [0.5, 0.6) is 0 Å². The quantitative estimate of drug-likeness (QED) is 0.626. The Morgan fingerprint density at radius 3 is 2.16 bits per heavy atom. The van der Waals surface area contributed by atoms with Crippen molar-refractivity contribution in [3.63, 3.8) is 0 Å². The molecule has 0 aromatic rings. The summed E-state index contributed by atoms with van der Waals surface area (Å²) in [7, 11) is 0. The monoisotopic (exact) mass is 355 g/mol. The summed E-state index contributed by atoms with van der Waals surface area (Å²) in [5, 5.41) is 16.2. The fraction of sp³-hybridized carbons (Fsp3) is 0.895. The Labute approximate surface area is 152 Å². The largest absolute Gasteiger partial charge is 0.393 e. The molecule has 1 aliphatic heterocycles. The number of carbonyl (C=O) groups excluding carboxylic acids is 2. The van der Waals surface area contributed by atoms with E-state index < -0.39 is 0 Å². The highest BCUT2D eigenvalue weighted by Crippen LogP contribution is 2.28. The van der Waals surface area contributed by atoms with Gasteiger partial charge in [0.2, 0.25) is 5.91 Å². The molecule has 1 heterocycles. The lowest BCUT2D eigenvalue weighted by atomic mass is 9.80. The number of likely N-dealkylation sites (tertiary alicyclic amines) is 1. The normalized spacial score (nSPS) is 18.6. The van der Waals surface area contributed by atoms with Crippen molar-refractivity contribution in [3.8, 4) is 0 Å². The summed E-state index contributed by atoms with van der Waals surface area (Å²) in [6.45, 7) is 11.1. The number of nitrogens with zero attached hydrogens (tertiary/aromatic N) is 1. The van der Waals surface area contributed by atoms with Crippen molar-refractivity contribution in [1.29, 1.82) is 0 Å². The van der Waals surface area contributed by atoms with Gasteiger partial charge >= 0.3 is 6.03 Å². The molecule has 6 nitrogen and oxygen atoms in total. The highest BCUT2D eigenvalue weighted by atomic mass is 16.3. The number of aliphatic hydroxyl groups is 1. The number of rotatable bonds is 8. The van der Waals surface area contributed by atoms with E-state index in [9.17, 15) is 14.7 Å². The van der Waals surface area contributed by atoms with Gasteiger partial charge in [-0.05, 0) is 44.9 Å². The molecule has 25 heavy (non-hydrogen) atoms. The number of hydrogen-bond acceptors (Lipinski definition) is 3. The van der Waals surface area contributed by atoms with Crippen molar-refractivity contribution in [1.82, 2.24) is 15.5 Å². The van der Waals surface area contributed by atoms with Crippen molar-refractivity contribution < 1.29 is 14.7 Å². The zero-order valence-electron chi connectivity index (χ0n) is 16.6. The van der Waals surface area contributed by atoms with Crippen LogP contribution in [-0.4, -0.2) is 52.7 Å². The van der Waals surface area contributed by atoms with Crippen LogP contribution in [0.4, 0.5) is 4.79 Å². The molecule has 1 unspecified atom stereocenters. The van der Waals surface area contributed by atoms with Crippen LogP contribution in [-0.2, 0) is 4.79 Å². The van der Waals surface area contributed by atoms with Crippen LogP contribution in [0.25, 0.3) is 0 Å². The van der Waals surface area contributed by atoms with Gasteiger partial charge < -0.3 is 20.6 Å². The SMILES string of the molecule is CCC(CC(CC)(CC)NC(=O)NC1CCN(C(C)=O)CC1)[C@@H](C)O. The summed E-state index contributed by atoms with van der Waals surface area (Å²) in [6, 6.07) is -0.0221. The molecule has 146 valence electrons. The van der Waals surface area contributed by atoms with E-state index in [1.165, 1.54) is 0 Å². The van der Waals surface area contributed by atoms with E-state index in [-0.39, 0.29) is 35.5 Å². The van der Waals surface area contributed by atoms with Gasteiger partial charge in [0, 0.05) is 31.6 Å². The maximum atomic E-state index is 12.5. The first-order chi connectivity index (χ1) is 11.8. The fourth-order valence-electron chi connectivity index (χ4n) is 3.73. The van der Waals surface area contributed by atoms with E-state index in [4.69, 9.17) is 0 Å². The first-order valence-corrected chi connectivity index (χ1v) is 9.79. The van der Waals surface area contributed by atoms with Crippen molar-refractivity contribution in [2.24, 2.45) is 5.92 Å². The van der Waals surface area contributed by atoms with E-state index in [0.717, 1.165) is 38.5 Å². The lowest BCUT2D eigenvalue weighted by molar-refractivity contribution is -0.129. The minimum absolute atomic E-state index is 0.0996. The summed E-state index contributed by atoms with van der Waals surface area (Å²) in [6.07, 6.45) is 4.57. The van der Waals surface area contributed by atoms with Gasteiger partial charge in [0.05, 0.1) is 6.10 Å². The van der Waals surface area contributed by atoms with Gasteiger partial charge in [0.1, 0.15) is 0 Å². The molecule has 0 aromatic carbocycles. The first-order valence-electron chi connectivity index (χ1n) is 9.79. The Hall–Kier alpha value is -1.30. The number of amides is 3. The van der Waals surface area contributed by atoms with Gasteiger partial charge in [0.15, 0.2) is 0 Å². The third-order valence-corrected chi connectivity index (χ3v) is 5.87. The second-order valence-corrected chi connectivity index (χ2v) is 7.48. The molecule has 0 aliphatic carbocycles. The molecule has 0 saturated carbocycles. The second-order valence-electron chi connectivity index (χ2n) is 7.48. The Morgan fingerprint density at radius 2 is 1.76 bits per heavy atom. The molecule has 0 bridgehead atoms. The molecule has 1 saturated heterocycles. The van der Waals surface area contributed by atoms with E-state index in [1.807, 2.05) is 11.8 Å². The zero-order valence-corrected chi connectivity index (χ0v) is 16.6. The molecule has 1 aliphatic rings. The zero-order chi connectivity index (χ0) is 19.0. The van der Waals surface area contributed by atoms with E-state index >= 15 is 0 Å². The number of nitrogens with one attached hydrogen (secondary N) is 2. The summed E-state index contributed by atoms with van der Waals surface area (Å²) < 4.78 is 0. The van der Waals surface area contributed by atoms with Gasteiger partial charge in [-0.15, -0.1) is 0 Å². The smallest absolute Gasteiger partial charge is 0.315 e. The molecule has 0 spiro atoms. The van der Waals surface area contributed by atoms with Crippen LogP contribution in [0.15, 0.2) is 0 Å². The third kappa shape index (κ3) is 6.49. The number of hydrogen-bond donors (Lipinski definition) is 3. The molecule has 6 heteroatoms. The average Bonchev–Trinajstić information content (AvgIpc) is 2.58. The maximum Gasteiger partial charge on any atom is 0.315 e. The van der Waals surface area contributed by atoms with Gasteiger partial charge in [-0.2, -0.15) is 0 Å². The molecule has 2 atom stereocenters. The fourth-order valence-corrected chi connectivity index (χ4v) is 3.73. The predicted molar refractivity (Wildman–Crippen MR) is 100 cm³/mol. The predicted octanol–water partition coefficient (Wildman–Crippen LogP) is 2.65. The molecular weight excluding hydrogens is 318 g/mol. The number of carbonyl (C=O) groups is 2. The van der Waals surface area contributed by atoms with Crippen LogP contribution in [0, 0.1) is 5.92 Å². The Bertz CT molecular complexity index is 428. The minimum Gasteiger partial charge on any atom is -0.393 e. The van der Waals surface area contributed by atoms with Gasteiger partial charge in [-0.3, -0.25) is 4.79 Å². The summed E-state index contributed by atoms with van der Waals surface area (Å²) in [4.78, 5) is 25.7. The Kier molecular flexibility index (Phi) is 8.69. The first kappa shape index (κ1) is 21.7. The third-order valence-electron chi connectivity index (χ3n) is 5.87. The van der Waals surface area contributed by atoms with Crippen molar-refractivity contribution in [3.05, 3.63) is 0 Å². The topological polar surface area (TPSA) is 81.7 Å². The van der Waals surface area contributed by atoms with Crippen LogP contribution in [0.1, 0.15) is 73.1 Å². The number of piperidine rings is 1. The summed E-state index contributed by atoms with van der Waals surface area (Å²) in [5.74, 6) is 0.279. The minimum atomic E-state index is -0.372. The van der Waals surface area contributed by atoms with Crippen LogP contribution < -0.4 is 10.6 Å². The van der Waals surface area contributed by atoms with Crippen LogP contribution in [0.3, 0.4) is 0 Å². The summed E-state index contributed by atoms with van der Waals surface area (Å²) in [5.41, 5.74) is -0.290. The van der Waals surface area contributed by atoms with Gasteiger partial charge in [-0.1, -0.05) is 27.2 Å². The Morgan fingerprint density at radius 1 is 1.20 bits per heavy atom. The number of aliphatic hydroxyl groups excluding tert-OH is 1. The average molecular weight is 356 g/mol. The van der Waals surface area contributed by atoms with Crippen LogP contribution in [0.2, 0.25) is 0 Å². The van der Waals surface area contributed by atoms with Crippen molar-refractivity contribution in [2.75, 3.05) is 13.1 Å². The number of urea groups is 1. The molecule has 0 aromatic heterocycles. The highest BCUT2D eigenvalue weighted by molar-refractivity contribution is 5.75. The lowest BCUT2D eigenvalue weighted by Gasteiger charge is -2.38. The molecule has 3 amide bonds. The second kappa shape index (κ2) is 10.00. The standard InChI is InChI=1S/C19H37N3O3/c1-6-16(14(4)23)13-19(7-2,8-3)21-18(25)20-17-9-11-22(12-10-17)15(5)24/h14,16-17,23H,6-13H2,1-5H3,(H2,20,21,25)/t14-,16?/m1/s1. The summed E-state index contributed by atoms with van der Waals surface area (Å²) >= 11 is 0. The Balaban J connectivity index is 2.60. The molecule has 1 rings (SSSR count). The molecule has 3 N–H and O–H groups in total. The van der Waals surface area contributed by atoms with Crippen LogP contribution >= 0.6 is 0 Å². The van der Waals surface area contributed by atoms with E-state index in [1.54, 1.807) is 6.92 Å². The molecule has 0 radical (unpaired) electrons.